The molecule has 2 aromatic rings. The van der Waals surface area contributed by atoms with Crippen LogP contribution in [0.2, 0.25) is 0 Å². The summed E-state index contributed by atoms with van der Waals surface area (Å²) in [6.07, 6.45) is 4.25. The number of fused-ring (bicyclic) bond motifs is 2. The molecule has 5 rings (SSSR count). The Hall–Kier alpha value is -2.88. The Morgan fingerprint density at radius 2 is 1.77 bits per heavy atom. The lowest BCUT2D eigenvalue weighted by molar-refractivity contribution is -0.130. The van der Waals surface area contributed by atoms with Crippen molar-refractivity contribution in [1.29, 1.82) is 0 Å². The van der Waals surface area contributed by atoms with E-state index in [4.69, 9.17) is 13.2 Å². The number of sulfonamides is 1. The number of carbonyl (C=O) groups is 1. The number of rotatable bonds is 9. The van der Waals surface area contributed by atoms with Crippen LogP contribution in [0.15, 0.2) is 60.3 Å². The number of piperidine rings is 1. The number of hydrogen-bond donors (Lipinski definition) is 2. The highest BCUT2D eigenvalue weighted by atomic mass is 35.5. The molecule has 0 radical (unpaired) electrons. The van der Waals surface area contributed by atoms with Crippen LogP contribution in [0, 0.1) is 0 Å². The highest BCUT2D eigenvalue weighted by molar-refractivity contribution is 7.92. The summed E-state index contributed by atoms with van der Waals surface area (Å²) in [7, 11) is -3.47. The van der Waals surface area contributed by atoms with Gasteiger partial charge in [-0.25, -0.2) is 13.2 Å². The van der Waals surface area contributed by atoms with Crippen LogP contribution in [-0.4, -0.2) is 69.2 Å². The van der Waals surface area contributed by atoms with Gasteiger partial charge >= 0.3 is 0 Å². The Bertz CT molecular complexity index is 1460. The first-order valence-corrected chi connectivity index (χ1v) is 15.1. The molecule has 1 aliphatic carbocycles. The maximum Gasteiger partial charge on any atom is 0.240 e. The molecule has 1 spiro atoms. The standard InChI is InChI=1S/C29H36N4O5S.ClH/c1-39(36,37)33-21-28(23-10-5-6-11-25(23)33)14-16-32(17-15-28)26(18-34)24(31-27(35)29(30)12-7-13-29)20-38-19-22-8-3-2-4-9-22;/h2-6,8-11,24H,7,12-17,19-21,30H2,1H3,(H,31,35);1H/t24-;/m0./s1/i19D2;. The van der Waals surface area contributed by atoms with Crippen LogP contribution in [-0.2, 0) is 36.3 Å². The van der Waals surface area contributed by atoms with Crippen LogP contribution < -0.4 is 15.4 Å². The SMILES string of the molecule is Cl.[2H]C([2H])(OC[C@H](NC(=O)C1(N)CCC1)C(=C=O)N1CCC2(CC1)CN(S(C)(=O)=O)c1ccccc12)c1ccccc1. The molecule has 1 saturated carbocycles. The molecular weight excluding hydrogens is 552 g/mol. The van der Waals surface area contributed by atoms with Crippen molar-refractivity contribution in [2.45, 2.75) is 55.7 Å². The Balaban J connectivity index is 0.00000405. The fraction of sp³-hybridized carbons (Fsp3) is 0.483. The zero-order valence-corrected chi connectivity index (χ0v) is 24.1. The second kappa shape index (κ2) is 11.9. The van der Waals surface area contributed by atoms with Crippen molar-refractivity contribution < 1.29 is 25.5 Å². The van der Waals surface area contributed by atoms with E-state index >= 15 is 0 Å². The van der Waals surface area contributed by atoms with E-state index in [1.807, 2.05) is 35.1 Å². The number of nitrogens with zero attached hydrogens (tertiary/aromatic N) is 2. The fourth-order valence-corrected chi connectivity index (χ4v) is 6.83. The van der Waals surface area contributed by atoms with Gasteiger partial charge in [0.25, 0.3) is 0 Å². The molecule has 11 heteroatoms. The van der Waals surface area contributed by atoms with Gasteiger partial charge in [0.1, 0.15) is 17.7 Å². The van der Waals surface area contributed by atoms with Gasteiger partial charge in [-0.2, -0.15) is 0 Å². The van der Waals surface area contributed by atoms with Crippen LogP contribution in [0.3, 0.4) is 0 Å². The van der Waals surface area contributed by atoms with Crippen molar-refractivity contribution in [2.75, 3.05) is 36.8 Å². The van der Waals surface area contributed by atoms with Crippen molar-refractivity contribution in [3.63, 3.8) is 0 Å². The molecule has 1 saturated heterocycles. The molecule has 0 bridgehead atoms. The number of ether oxygens (including phenoxy) is 1. The summed E-state index contributed by atoms with van der Waals surface area (Å²) < 4.78 is 49.1. The second-order valence-corrected chi connectivity index (χ2v) is 12.8. The first-order valence-electron chi connectivity index (χ1n) is 14.3. The summed E-state index contributed by atoms with van der Waals surface area (Å²) in [5.74, 6) is 1.59. The van der Waals surface area contributed by atoms with Gasteiger partial charge in [0.2, 0.25) is 15.9 Å². The molecular formula is C29H37ClN4O5S. The molecule has 2 fully saturated rings. The van der Waals surface area contributed by atoms with E-state index in [0.29, 0.717) is 56.6 Å². The average molecular weight is 591 g/mol. The number of nitrogens with one attached hydrogen (secondary N) is 1. The number of para-hydroxylation sites is 1. The molecule has 2 aliphatic heterocycles. The molecule has 9 nitrogen and oxygen atoms in total. The number of hydrogen-bond acceptors (Lipinski definition) is 7. The first kappa shape index (κ1) is 27.3. The van der Waals surface area contributed by atoms with Crippen molar-refractivity contribution in [3.05, 3.63) is 71.4 Å². The summed E-state index contributed by atoms with van der Waals surface area (Å²) in [5.41, 5.74) is 6.95. The predicted molar refractivity (Wildman–Crippen MR) is 156 cm³/mol. The fourth-order valence-electron chi connectivity index (χ4n) is 5.83. The minimum absolute atomic E-state index is 0. The van der Waals surface area contributed by atoms with Crippen molar-refractivity contribution in [1.82, 2.24) is 10.2 Å². The first-order chi connectivity index (χ1) is 19.4. The highest BCUT2D eigenvalue weighted by Gasteiger charge is 2.48. The van der Waals surface area contributed by atoms with Crippen LogP contribution in [0.4, 0.5) is 5.69 Å². The monoisotopic (exact) mass is 590 g/mol. The molecule has 0 aromatic heterocycles. The van der Waals surface area contributed by atoms with Crippen LogP contribution in [0.1, 0.15) is 46.0 Å². The zero-order valence-electron chi connectivity index (χ0n) is 24.5. The third-order valence-corrected chi connectivity index (χ3v) is 9.43. The lowest BCUT2D eigenvalue weighted by Crippen LogP contribution is -2.61. The van der Waals surface area contributed by atoms with Gasteiger partial charge in [0.15, 0.2) is 0 Å². The smallest absolute Gasteiger partial charge is 0.240 e. The zero-order chi connectivity index (χ0) is 29.5. The summed E-state index contributed by atoms with van der Waals surface area (Å²) in [6, 6.07) is 14.9. The van der Waals surface area contributed by atoms with Gasteiger partial charge in [0.05, 0.1) is 33.4 Å². The summed E-state index contributed by atoms with van der Waals surface area (Å²) in [4.78, 5) is 27.4. The Morgan fingerprint density at radius 1 is 1.12 bits per heavy atom. The molecule has 2 heterocycles. The molecule has 1 atom stereocenters. The van der Waals surface area contributed by atoms with Gasteiger partial charge in [-0.3, -0.25) is 9.10 Å². The highest BCUT2D eigenvalue weighted by Crippen LogP contribution is 2.48. The lowest BCUT2D eigenvalue weighted by atomic mass is 9.74. The maximum absolute atomic E-state index is 13.1. The van der Waals surface area contributed by atoms with Gasteiger partial charge in [-0.1, -0.05) is 48.5 Å². The third kappa shape index (κ3) is 5.92. The van der Waals surface area contributed by atoms with E-state index in [0.717, 1.165) is 12.0 Å². The van der Waals surface area contributed by atoms with Crippen LogP contribution in [0.25, 0.3) is 0 Å². The number of carbonyl (C=O) groups excluding carboxylic acids is 2. The predicted octanol–water partition coefficient (Wildman–Crippen LogP) is 2.52. The molecule has 216 valence electrons. The van der Waals surface area contributed by atoms with E-state index in [-0.39, 0.29) is 24.7 Å². The Labute approximate surface area is 245 Å². The number of likely N-dealkylation sites (tertiary alicyclic amines) is 1. The number of anilines is 1. The summed E-state index contributed by atoms with van der Waals surface area (Å²) >= 11 is 0. The number of benzene rings is 2. The maximum atomic E-state index is 13.1. The van der Waals surface area contributed by atoms with Crippen LogP contribution in [0.5, 0.6) is 0 Å². The lowest BCUT2D eigenvalue weighted by Gasteiger charge is -2.43. The molecule has 3 aliphatic rings. The topological polar surface area (TPSA) is 122 Å². The number of amides is 1. The molecule has 1 amide bonds. The van der Waals surface area contributed by atoms with Gasteiger partial charge in [-0.15, -0.1) is 12.4 Å². The molecule has 0 unspecified atom stereocenters. The molecule has 3 N–H and O–H groups in total. The van der Waals surface area contributed by atoms with Crippen molar-refractivity contribution in [3.8, 4) is 0 Å². The van der Waals surface area contributed by atoms with E-state index in [1.165, 1.54) is 10.6 Å². The summed E-state index contributed by atoms with van der Waals surface area (Å²) in [6.45, 7) is -1.30. The number of halogens is 1. The van der Waals surface area contributed by atoms with Crippen molar-refractivity contribution in [2.24, 2.45) is 5.73 Å². The largest absolute Gasteiger partial charge is 0.374 e. The number of nitrogens with two attached hydrogens (primary N) is 1. The van der Waals surface area contributed by atoms with Gasteiger partial charge in [-0.05, 0) is 49.3 Å². The minimum atomic E-state index is -3.47. The van der Waals surface area contributed by atoms with E-state index < -0.39 is 39.5 Å². The summed E-state index contributed by atoms with van der Waals surface area (Å²) in [5, 5.41) is 2.85. The van der Waals surface area contributed by atoms with Crippen LogP contribution >= 0.6 is 12.4 Å². The van der Waals surface area contributed by atoms with Gasteiger partial charge in [0, 0.05) is 25.0 Å². The Kier molecular flexibility index (Phi) is 8.14. The van der Waals surface area contributed by atoms with Crippen molar-refractivity contribution >= 4 is 40.0 Å². The normalized spacial score (nSPS) is 20.6. The Morgan fingerprint density at radius 3 is 2.38 bits per heavy atom. The minimum Gasteiger partial charge on any atom is -0.374 e. The molecule has 2 aromatic carbocycles. The molecule has 40 heavy (non-hydrogen) atoms. The second-order valence-electron chi connectivity index (χ2n) is 10.9. The third-order valence-electron chi connectivity index (χ3n) is 8.30. The van der Waals surface area contributed by atoms with E-state index in [2.05, 4.69) is 5.32 Å². The van der Waals surface area contributed by atoms with Gasteiger partial charge < -0.3 is 20.7 Å². The average Bonchev–Trinajstić information content (AvgIpc) is 3.26. The van der Waals surface area contributed by atoms with E-state index in [1.54, 1.807) is 30.3 Å². The van der Waals surface area contributed by atoms with E-state index in [9.17, 15) is 18.0 Å². The quantitative estimate of drug-likeness (QED) is 0.430.